The molecule has 0 radical (unpaired) electrons. The average Bonchev–Trinajstić information content (AvgIpc) is 2.71. The Morgan fingerprint density at radius 3 is 2.17 bits per heavy atom. The summed E-state index contributed by atoms with van der Waals surface area (Å²) < 4.78 is 38.9. The molecule has 2 aromatic rings. The van der Waals surface area contributed by atoms with E-state index in [0.717, 1.165) is 11.1 Å². The predicted molar refractivity (Wildman–Crippen MR) is 115 cm³/mol. The molecule has 0 aliphatic heterocycles. The van der Waals surface area contributed by atoms with Crippen molar-refractivity contribution in [3.63, 3.8) is 0 Å². The number of rotatable bonds is 10. The fraction of sp³-hybridized carbons (Fsp3) is 0.391. The van der Waals surface area contributed by atoms with E-state index in [2.05, 4.69) is 11.8 Å². The molecule has 2 rings (SSSR count). The molecule has 156 valence electrons. The van der Waals surface area contributed by atoms with Crippen molar-refractivity contribution in [3.8, 4) is 11.8 Å². The van der Waals surface area contributed by atoms with Gasteiger partial charge in [0, 0.05) is 31.7 Å². The summed E-state index contributed by atoms with van der Waals surface area (Å²) in [4.78, 5) is 0.258. The van der Waals surface area contributed by atoms with Crippen molar-refractivity contribution in [3.05, 3.63) is 65.7 Å². The lowest BCUT2D eigenvalue weighted by Gasteiger charge is -2.23. The van der Waals surface area contributed by atoms with Crippen LogP contribution in [0.25, 0.3) is 0 Å². The Balaban J connectivity index is 2.21. The maximum atomic E-state index is 13.2. The molecule has 0 aliphatic rings. The van der Waals surface area contributed by atoms with Gasteiger partial charge in [-0.15, -0.1) is 0 Å². The highest BCUT2D eigenvalue weighted by Crippen LogP contribution is 2.17. The first kappa shape index (κ1) is 23.1. The van der Waals surface area contributed by atoms with Gasteiger partial charge in [-0.3, -0.25) is 0 Å². The third kappa shape index (κ3) is 7.30. The zero-order valence-corrected chi connectivity index (χ0v) is 18.1. The summed E-state index contributed by atoms with van der Waals surface area (Å²) in [7, 11) is -3.68. The van der Waals surface area contributed by atoms with Gasteiger partial charge in [0.05, 0.1) is 11.4 Å². The molecule has 0 spiro atoms. The normalized spacial score (nSPS) is 11.5. The van der Waals surface area contributed by atoms with Crippen molar-refractivity contribution >= 4 is 10.0 Å². The molecule has 0 amide bonds. The van der Waals surface area contributed by atoms with Crippen LogP contribution < -0.4 is 0 Å². The number of aryl methyl sites for hydroxylation is 1. The van der Waals surface area contributed by atoms with Crippen LogP contribution in [0.2, 0.25) is 0 Å². The van der Waals surface area contributed by atoms with Crippen molar-refractivity contribution in [1.82, 2.24) is 4.31 Å². The second-order valence-electron chi connectivity index (χ2n) is 6.45. The van der Waals surface area contributed by atoms with Crippen LogP contribution >= 0.6 is 0 Å². The van der Waals surface area contributed by atoms with Crippen LogP contribution in [0.15, 0.2) is 59.5 Å². The largest absolute Gasteiger partial charge is 0.353 e. The zero-order chi connectivity index (χ0) is 21.1. The number of ether oxygens (including phenoxy) is 2. The zero-order valence-electron chi connectivity index (χ0n) is 17.3. The van der Waals surface area contributed by atoms with E-state index in [1.807, 2.05) is 51.1 Å². The summed E-state index contributed by atoms with van der Waals surface area (Å²) in [5.74, 6) is 6.02. The van der Waals surface area contributed by atoms with Crippen LogP contribution in [0, 0.1) is 18.8 Å². The Morgan fingerprint density at radius 2 is 1.59 bits per heavy atom. The van der Waals surface area contributed by atoms with Gasteiger partial charge in [0.1, 0.15) is 0 Å². The summed E-state index contributed by atoms with van der Waals surface area (Å²) >= 11 is 0. The van der Waals surface area contributed by atoms with E-state index in [-0.39, 0.29) is 18.0 Å². The molecule has 0 heterocycles. The van der Waals surface area contributed by atoms with E-state index in [9.17, 15) is 8.42 Å². The van der Waals surface area contributed by atoms with Gasteiger partial charge < -0.3 is 9.47 Å². The summed E-state index contributed by atoms with van der Waals surface area (Å²) in [5, 5.41) is 0. The van der Waals surface area contributed by atoms with Gasteiger partial charge in [-0.25, -0.2) is 8.42 Å². The van der Waals surface area contributed by atoms with Crippen molar-refractivity contribution in [2.75, 3.05) is 26.3 Å². The topological polar surface area (TPSA) is 55.8 Å². The van der Waals surface area contributed by atoms with Crippen LogP contribution in [0.4, 0.5) is 0 Å². The SMILES string of the molecule is CCOC(CCN(CC#Cc1ccccc1)S(=O)(=O)c1ccc(C)cc1)OCC. The van der Waals surface area contributed by atoms with E-state index in [4.69, 9.17) is 9.47 Å². The van der Waals surface area contributed by atoms with Gasteiger partial charge in [0.2, 0.25) is 10.0 Å². The highest BCUT2D eigenvalue weighted by atomic mass is 32.2. The molecule has 0 fully saturated rings. The Kier molecular flexibility index (Phi) is 9.36. The number of hydrogen-bond acceptors (Lipinski definition) is 4. The number of nitrogens with zero attached hydrogens (tertiary/aromatic N) is 1. The Hall–Kier alpha value is -2.17. The average molecular weight is 416 g/mol. The second-order valence-corrected chi connectivity index (χ2v) is 8.39. The maximum Gasteiger partial charge on any atom is 0.243 e. The lowest BCUT2D eigenvalue weighted by Crippen LogP contribution is -2.35. The summed E-state index contributed by atoms with van der Waals surface area (Å²) in [6.07, 6.45) is -0.0115. The van der Waals surface area contributed by atoms with Gasteiger partial charge in [-0.2, -0.15) is 4.31 Å². The molecular formula is C23H29NO4S. The number of hydrogen-bond donors (Lipinski definition) is 0. The van der Waals surface area contributed by atoms with Crippen LogP contribution in [-0.4, -0.2) is 45.3 Å². The molecule has 29 heavy (non-hydrogen) atoms. The molecule has 0 aromatic heterocycles. The molecule has 6 heteroatoms. The first-order valence-electron chi connectivity index (χ1n) is 9.81. The Labute approximate surface area is 174 Å². The van der Waals surface area contributed by atoms with Crippen molar-refractivity contribution in [2.45, 2.75) is 38.4 Å². The van der Waals surface area contributed by atoms with E-state index in [1.54, 1.807) is 24.3 Å². The second kappa shape index (κ2) is 11.7. The molecular weight excluding hydrogens is 386 g/mol. The maximum absolute atomic E-state index is 13.2. The van der Waals surface area contributed by atoms with Crippen molar-refractivity contribution in [2.24, 2.45) is 0 Å². The molecule has 2 aromatic carbocycles. The molecule has 0 saturated heterocycles. The quantitative estimate of drug-likeness (QED) is 0.437. The van der Waals surface area contributed by atoms with E-state index >= 15 is 0 Å². The number of benzene rings is 2. The van der Waals surface area contributed by atoms with E-state index < -0.39 is 16.3 Å². The summed E-state index contributed by atoms with van der Waals surface area (Å²) in [5.41, 5.74) is 1.86. The van der Waals surface area contributed by atoms with Crippen LogP contribution in [0.5, 0.6) is 0 Å². The third-order valence-electron chi connectivity index (χ3n) is 4.24. The minimum Gasteiger partial charge on any atom is -0.353 e. The standard InChI is InChI=1S/C23H29NO4S/c1-4-27-23(28-5-2)17-19-24(18-9-12-21-10-7-6-8-11-21)29(25,26)22-15-13-20(3)14-16-22/h6-8,10-11,13-16,23H,4-5,17-19H2,1-3H3. The molecule has 0 N–H and O–H groups in total. The van der Waals surface area contributed by atoms with Gasteiger partial charge >= 0.3 is 0 Å². The van der Waals surface area contributed by atoms with Crippen LogP contribution in [0.1, 0.15) is 31.4 Å². The monoisotopic (exact) mass is 415 g/mol. The predicted octanol–water partition coefficient (Wildman–Crippen LogP) is 3.83. The van der Waals surface area contributed by atoms with Gasteiger partial charge in [0.25, 0.3) is 0 Å². The van der Waals surface area contributed by atoms with Crippen molar-refractivity contribution < 1.29 is 17.9 Å². The van der Waals surface area contributed by atoms with Gasteiger partial charge in [-0.05, 0) is 45.0 Å². The lowest BCUT2D eigenvalue weighted by molar-refractivity contribution is -0.140. The summed E-state index contributed by atoms with van der Waals surface area (Å²) in [6, 6.07) is 16.4. The molecule has 5 nitrogen and oxygen atoms in total. The van der Waals surface area contributed by atoms with E-state index in [1.165, 1.54) is 4.31 Å². The first-order chi connectivity index (χ1) is 14.0. The Bertz CT molecular complexity index is 893. The lowest BCUT2D eigenvalue weighted by atomic mass is 10.2. The molecule has 0 saturated carbocycles. The molecule has 0 bridgehead atoms. The third-order valence-corrected chi connectivity index (χ3v) is 6.10. The highest BCUT2D eigenvalue weighted by molar-refractivity contribution is 7.89. The van der Waals surface area contributed by atoms with Gasteiger partial charge in [0.15, 0.2) is 6.29 Å². The molecule has 0 atom stereocenters. The van der Waals surface area contributed by atoms with Crippen LogP contribution in [0.3, 0.4) is 0 Å². The van der Waals surface area contributed by atoms with E-state index in [0.29, 0.717) is 19.6 Å². The molecule has 0 unspecified atom stereocenters. The summed E-state index contributed by atoms with van der Waals surface area (Å²) in [6.45, 7) is 7.05. The van der Waals surface area contributed by atoms with Crippen molar-refractivity contribution in [1.29, 1.82) is 0 Å². The fourth-order valence-corrected chi connectivity index (χ4v) is 4.09. The molecule has 0 aliphatic carbocycles. The first-order valence-corrected chi connectivity index (χ1v) is 11.2. The highest BCUT2D eigenvalue weighted by Gasteiger charge is 2.25. The van der Waals surface area contributed by atoms with Crippen LogP contribution in [-0.2, 0) is 19.5 Å². The minimum atomic E-state index is -3.68. The fourth-order valence-electron chi connectivity index (χ4n) is 2.73. The van der Waals surface area contributed by atoms with Gasteiger partial charge in [-0.1, -0.05) is 47.7 Å². The number of sulfonamides is 1. The smallest absolute Gasteiger partial charge is 0.243 e. The Morgan fingerprint density at radius 1 is 0.966 bits per heavy atom. The minimum absolute atomic E-state index is 0.0933.